The molecule has 0 unspecified atom stereocenters. The van der Waals surface area contributed by atoms with Gasteiger partial charge in [-0.1, -0.05) is 36.0 Å². The Morgan fingerprint density at radius 2 is 1.77 bits per heavy atom. The predicted octanol–water partition coefficient (Wildman–Crippen LogP) is 4.14. The molecule has 0 spiro atoms. The van der Waals surface area contributed by atoms with E-state index in [2.05, 4.69) is 10.3 Å². The van der Waals surface area contributed by atoms with E-state index in [1.54, 1.807) is 28.9 Å². The highest BCUT2D eigenvalue weighted by Crippen LogP contribution is 2.27. The lowest BCUT2D eigenvalue weighted by atomic mass is 10.2. The van der Waals surface area contributed by atoms with Gasteiger partial charge < -0.3 is 9.72 Å². The van der Waals surface area contributed by atoms with E-state index in [0.29, 0.717) is 29.5 Å². The van der Waals surface area contributed by atoms with Crippen molar-refractivity contribution in [3.05, 3.63) is 64.0 Å². The highest BCUT2D eigenvalue weighted by Gasteiger charge is 2.28. The lowest BCUT2D eigenvalue weighted by molar-refractivity contribution is 0.0950. The van der Waals surface area contributed by atoms with Gasteiger partial charge >= 0.3 is 0 Å². The number of benzene rings is 1. The third kappa shape index (κ3) is 4.87. The van der Waals surface area contributed by atoms with Gasteiger partial charge in [-0.05, 0) is 43.2 Å². The standard InChI is InChI=1S/C21H22Cl2N4O3S/c22-16-6-8-20-25-17(14-26(20)13-16)12-24-21(28)15-5-7-18(23)19(11-15)31(29,30)27-9-3-1-2-4-10-27/h5-8,11,13-14H,1-4,9-10,12H2,(H,24,28). The molecular weight excluding hydrogens is 459 g/mol. The molecule has 0 aliphatic carbocycles. The molecule has 1 N–H and O–H groups in total. The lowest BCUT2D eigenvalue weighted by Crippen LogP contribution is -2.32. The number of hydrogen-bond acceptors (Lipinski definition) is 4. The van der Waals surface area contributed by atoms with Crippen LogP contribution >= 0.6 is 23.2 Å². The van der Waals surface area contributed by atoms with Gasteiger partial charge in [-0.2, -0.15) is 4.31 Å². The van der Waals surface area contributed by atoms with Crippen molar-refractivity contribution in [3.63, 3.8) is 0 Å². The van der Waals surface area contributed by atoms with E-state index >= 15 is 0 Å². The Hall–Kier alpha value is -2.13. The molecule has 2 aromatic heterocycles. The van der Waals surface area contributed by atoms with Crippen molar-refractivity contribution in [2.24, 2.45) is 0 Å². The number of sulfonamides is 1. The molecule has 0 radical (unpaired) electrons. The molecule has 1 fully saturated rings. The average Bonchev–Trinajstić information content (AvgIpc) is 2.94. The zero-order valence-corrected chi connectivity index (χ0v) is 19.1. The molecule has 3 heterocycles. The highest BCUT2D eigenvalue weighted by atomic mass is 35.5. The second-order valence-corrected chi connectivity index (χ2v) is 10.2. The number of carbonyl (C=O) groups is 1. The van der Waals surface area contributed by atoms with Crippen LogP contribution in [-0.4, -0.2) is 41.1 Å². The van der Waals surface area contributed by atoms with E-state index in [9.17, 15) is 13.2 Å². The van der Waals surface area contributed by atoms with Gasteiger partial charge in [0.15, 0.2) is 0 Å². The van der Waals surface area contributed by atoms with Crippen LogP contribution in [0.1, 0.15) is 41.7 Å². The first-order chi connectivity index (χ1) is 14.8. The Labute approximate surface area is 191 Å². The summed E-state index contributed by atoms with van der Waals surface area (Å²) in [5, 5.41) is 3.47. The molecule has 3 aromatic rings. The number of nitrogens with zero attached hydrogens (tertiary/aromatic N) is 3. The number of pyridine rings is 1. The lowest BCUT2D eigenvalue weighted by Gasteiger charge is -2.21. The smallest absolute Gasteiger partial charge is 0.251 e. The number of rotatable bonds is 5. The number of aromatic nitrogens is 2. The quantitative estimate of drug-likeness (QED) is 0.594. The van der Waals surface area contributed by atoms with E-state index in [4.69, 9.17) is 23.2 Å². The van der Waals surface area contributed by atoms with Crippen LogP contribution in [0.15, 0.2) is 47.6 Å². The maximum atomic E-state index is 13.1. The zero-order chi connectivity index (χ0) is 22.0. The van der Waals surface area contributed by atoms with Gasteiger partial charge in [-0.3, -0.25) is 4.79 Å². The summed E-state index contributed by atoms with van der Waals surface area (Å²) >= 11 is 12.2. The first-order valence-electron chi connectivity index (χ1n) is 10.1. The fourth-order valence-corrected chi connectivity index (χ4v) is 5.82. The van der Waals surface area contributed by atoms with Gasteiger partial charge in [0.25, 0.3) is 5.91 Å². The van der Waals surface area contributed by atoms with Crippen molar-refractivity contribution < 1.29 is 13.2 Å². The maximum Gasteiger partial charge on any atom is 0.251 e. The summed E-state index contributed by atoms with van der Waals surface area (Å²) < 4.78 is 29.5. The molecule has 7 nitrogen and oxygen atoms in total. The van der Waals surface area contributed by atoms with Gasteiger partial charge in [0.2, 0.25) is 10.0 Å². The predicted molar refractivity (Wildman–Crippen MR) is 120 cm³/mol. The highest BCUT2D eigenvalue weighted by molar-refractivity contribution is 7.89. The third-order valence-corrected chi connectivity index (χ3v) is 7.87. The summed E-state index contributed by atoms with van der Waals surface area (Å²) in [5.74, 6) is -0.404. The Kier molecular flexibility index (Phi) is 6.52. The summed E-state index contributed by atoms with van der Waals surface area (Å²) in [5.41, 5.74) is 1.59. The van der Waals surface area contributed by atoms with Crippen LogP contribution in [0.5, 0.6) is 0 Å². The van der Waals surface area contributed by atoms with Crippen LogP contribution in [0, 0.1) is 0 Å². The van der Waals surface area contributed by atoms with Crippen molar-refractivity contribution in [3.8, 4) is 0 Å². The Balaban J connectivity index is 1.51. The Morgan fingerprint density at radius 3 is 2.52 bits per heavy atom. The van der Waals surface area contributed by atoms with E-state index < -0.39 is 15.9 Å². The number of halogens is 2. The van der Waals surface area contributed by atoms with E-state index in [1.807, 2.05) is 0 Å². The van der Waals surface area contributed by atoms with E-state index in [-0.39, 0.29) is 22.0 Å². The van der Waals surface area contributed by atoms with Crippen LogP contribution in [0.25, 0.3) is 5.65 Å². The average molecular weight is 481 g/mol. The largest absolute Gasteiger partial charge is 0.346 e. The maximum absolute atomic E-state index is 13.1. The van der Waals surface area contributed by atoms with Crippen LogP contribution in [-0.2, 0) is 16.6 Å². The normalized spacial score (nSPS) is 15.7. The molecule has 0 atom stereocenters. The van der Waals surface area contributed by atoms with Crippen molar-refractivity contribution >= 4 is 44.8 Å². The molecule has 0 bridgehead atoms. The van der Waals surface area contributed by atoms with Crippen molar-refractivity contribution in [1.29, 1.82) is 0 Å². The summed E-state index contributed by atoms with van der Waals surface area (Å²) in [6, 6.07) is 7.84. The fourth-order valence-electron chi connectivity index (χ4n) is 3.64. The van der Waals surface area contributed by atoms with Crippen LogP contribution in [0.3, 0.4) is 0 Å². The number of nitrogens with one attached hydrogen (secondary N) is 1. The molecular formula is C21H22Cl2N4O3S. The molecule has 164 valence electrons. The molecule has 1 aliphatic rings. The summed E-state index contributed by atoms with van der Waals surface area (Å²) in [4.78, 5) is 17.1. The minimum Gasteiger partial charge on any atom is -0.346 e. The first kappa shape index (κ1) is 22.1. The molecule has 1 saturated heterocycles. The number of carbonyl (C=O) groups excluding carboxylic acids is 1. The summed E-state index contributed by atoms with van der Waals surface area (Å²) in [6.07, 6.45) is 7.17. The van der Waals surface area contributed by atoms with Gasteiger partial charge in [0, 0.05) is 31.0 Å². The van der Waals surface area contributed by atoms with E-state index in [0.717, 1.165) is 25.7 Å². The minimum absolute atomic E-state index is 0.0360. The van der Waals surface area contributed by atoms with E-state index in [1.165, 1.54) is 22.5 Å². The number of amides is 1. The molecule has 1 aliphatic heterocycles. The zero-order valence-electron chi connectivity index (χ0n) is 16.7. The second-order valence-electron chi connectivity index (χ2n) is 7.49. The van der Waals surface area contributed by atoms with Gasteiger partial charge in [0.05, 0.1) is 22.3 Å². The third-order valence-electron chi connectivity index (χ3n) is 5.27. The SMILES string of the molecule is O=C(NCc1cn2cc(Cl)ccc2n1)c1ccc(Cl)c(S(=O)(=O)N2CCCCCC2)c1. The fraction of sp³-hybridized carbons (Fsp3) is 0.333. The minimum atomic E-state index is -3.77. The molecule has 0 saturated carbocycles. The molecule has 1 amide bonds. The van der Waals surface area contributed by atoms with Crippen molar-refractivity contribution in [1.82, 2.24) is 19.0 Å². The van der Waals surface area contributed by atoms with Crippen LogP contribution in [0.4, 0.5) is 0 Å². The Bertz CT molecular complexity index is 1220. The summed E-state index contributed by atoms with van der Waals surface area (Å²) in [6.45, 7) is 1.12. The molecule has 31 heavy (non-hydrogen) atoms. The number of hydrogen-bond donors (Lipinski definition) is 1. The molecule has 4 rings (SSSR count). The van der Waals surface area contributed by atoms with Crippen molar-refractivity contribution in [2.45, 2.75) is 37.1 Å². The molecule has 1 aromatic carbocycles. The molecule has 10 heteroatoms. The number of fused-ring (bicyclic) bond motifs is 1. The van der Waals surface area contributed by atoms with Gasteiger partial charge in [-0.25, -0.2) is 13.4 Å². The second kappa shape index (κ2) is 9.16. The van der Waals surface area contributed by atoms with Gasteiger partial charge in [0.1, 0.15) is 10.5 Å². The Morgan fingerprint density at radius 1 is 1.03 bits per heavy atom. The number of imidazole rings is 1. The monoisotopic (exact) mass is 480 g/mol. The van der Waals surface area contributed by atoms with Crippen LogP contribution in [0.2, 0.25) is 10.0 Å². The van der Waals surface area contributed by atoms with Crippen molar-refractivity contribution in [2.75, 3.05) is 13.1 Å². The van der Waals surface area contributed by atoms with Crippen LogP contribution < -0.4 is 5.32 Å². The first-order valence-corrected chi connectivity index (χ1v) is 12.3. The summed E-state index contributed by atoms with van der Waals surface area (Å²) in [7, 11) is -3.77. The van der Waals surface area contributed by atoms with Gasteiger partial charge in [-0.15, -0.1) is 0 Å². The topological polar surface area (TPSA) is 83.8 Å².